The van der Waals surface area contributed by atoms with Gasteiger partial charge in [0.1, 0.15) is 33.3 Å². The maximum atomic E-state index is 6.95. The molecule has 0 unspecified atom stereocenters. The smallest absolute Gasteiger partial charge is 0.161 e. The predicted molar refractivity (Wildman–Crippen MR) is 587 cm³/mol. The van der Waals surface area contributed by atoms with Gasteiger partial charge in [-0.25, -0.2) is 0 Å². The van der Waals surface area contributed by atoms with Crippen molar-refractivity contribution in [3.63, 3.8) is 0 Å². The summed E-state index contributed by atoms with van der Waals surface area (Å²) in [6.07, 6.45) is 0. The maximum Gasteiger partial charge on any atom is 0.161 e. The molecule has 0 saturated heterocycles. The first-order valence-electron chi connectivity index (χ1n) is 48.1. The zero-order valence-electron chi connectivity index (χ0n) is 76.4. The molecule has 0 aliphatic rings. The summed E-state index contributed by atoms with van der Waals surface area (Å²) in [6, 6.07) is 182. The summed E-state index contributed by atoms with van der Waals surface area (Å²) in [4.78, 5) is 0. The second-order valence-corrected chi connectivity index (χ2v) is 36.3. The van der Waals surface area contributed by atoms with E-state index in [1.54, 1.807) is 0 Å². The van der Waals surface area contributed by atoms with E-state index in [0.29, 0.717) is 0 Å². The molecule has 30 rings (SSSR count). The van der Waals surface area contributed by atoms with Crippen molar-refractivity contribution in [3.8, 4) is 101 Å². The van der Waals surface area contributed by atoms with Gasteiger partial charge >= 0.3 is 0 Å². The van der Waals surface area contributed by atoms with Gasteiger partial charge in [0, 0.05) is 121 Å². The number of benzene rings is 21. The number of hydrogen-bond donors (Lipinski definition) is 0. The minimum absolute atomic E-state index is 0.899. The van der Waals surface area contributed by atoms with Crippen LogP contribution in [0.1, 0.15) is 0 Å². The Kier molecular flexibility index (Phi) is 18.8. The normalized spacial score (nSPS) is 11.8. The molecule has 0 spiro atoms. The number of nitrogens with zero attached hydrogens (tertiary/aromatic N) is 6. The van der Waals surface area contributed by atoms with Gasteiger partial charge in [-0.2, -0.15) is 0 Å². The number of fused-ring (bicyclic) bond motifs is 24. The molecule has 0 atom stereocenters. The molecule has 0 radical (unpaired) electrons. The third kappa shape index (κ3) is 12.8. The fourth-order valence-electron chi connectivity index (χ4n) is 22.6. The van der Waals surface area contributed by atoms with E-state index in [1.807, 2.05) is 0 Å². The lowest BCUT2D eigenvalue weighted by atomic mass is 9.92. The number of rotatable bonds is 12. The van der Waals surface area contributed by atoms with Crippen LogP contribution in [0.4, 0.5) is 0 Å². The summed E-state index contributed by atoms with van der Waals surface area (Å²) in [5.41, 5.74) is 39.9. The van der Waals surface area contributed by atoms with Crippen LogP contribution < -0.4 is 0 Å². The van der Waals surface area contributed by atoms with Crippen LogP contribution in [0, 0.1) is 0 Å². The zero-order valence-corrected chi connectivity index (χ0v) is 76.4. The van der Waals surface area contributed by atoms with Crippen LogP contribution in [-0.4, -0.2) is 27.4 Å². The fraction of sp³-hybridized carbons (Fsp3) is 0. The summed E-state index contributed by atoms with van der Waals surface area (Å²) in [5, 5.41) is 14.1. The van der Waals surface area contributed by atoms with Crippen LogP contribution in [0.15, 0.2) is 523 Å². The number of hydrogen-bond acceptors (Lipinski definition) is 3. The van der Waals surface area contributed by atoms with Gasteiger partial charge in [0.15, 0.2) is 16.7 Å². The van der Waals surface area contributed by atoms with Crippen molar-refractivity contribution in [1.29, 1.82) is 0 Å². The lowest BCUT2D eigenvalue weighted by Gasteiger charge is -2.15. The Morgan fingerprint density at radius 1 is 0.113 bits per heavy atom. The largest absolute Gasteiger partial charge is 0.453 e. The molecule has 0 fully saturated rings. The molecule has 660 valence electrons. The van der Waals surface area contributed by atoms with Crippen molar-refractivity contribution in [2.24, 2.45) is 0 Å². The van der Waals surface area contributed by atoms with Crippen molar-refractivity contribution in [1.82, 2.24) is 27.4 Å². The Bertz CT molecular complexity index is 10200. The number of para-hydroxylation sites is 16. The standard InChI is InChI=1S/3C44H28N2O/c1-3-15-29(16-4-1)45-39-27-11-9-21-33(39)35-24-13-23-34(41(35)45)31-19-7-8-20-32(31)36-25-14-26-38-42-44(47-43(36)38)37-22-10-12-28-40(37)46(42)30-17-5-2-6-18-30;1-3-14-30(15-4-1)45-39-24-11-9-20-34(39)35-27-26-29(28-41(35)45)32-18-7-8-19-33(32)36-22-13-23-38-42-44(47-43(36)38)37-21-10-12-25-40(37)46(42)31-16-5-2-6-17-31;1-3-14-30(15-4-1)45-39-24-11-9-20-34(39)38-28-29(26-27-41(38)45)32-18-7-8-19-33(32)35-22-13-23-37-42-44(47-43(35)37)36-21-10-12-25-40(36)46(42)31-16-5-2-6-17-31/h3*1-28H. The molecule has 0 saturated carbocycles. The molecule has 9 nitrogen and oxygen atoms in total. The summed E-state index contributed by atoms with van der Waals surface area (Å²) in [5.74, 6) is 0. The van der Waals surface area contributed by atoms with Crippen molar-refractivity contribution >= 4 is 164 Å². The van der Waals surface area contributed by atoms with Gasteiger partial charge in [0.25, 0.3) is 0 Å². The van der Waals surface area contributed by atoms with Gasteiger partial charge in [-0.05, 0) is 208 Å². The van der Waals surface area contributed by atoms with Crippen molar-refractivity contribution in [2.45, 2.75) is 0 Å². The van der Waals surface area contributed by atoms with Crippen LogP contribution in [0.2, 0.25) is 0 Å². The van der Waals surface area contributed by atoms with Gasteiger partial charge in [-0.3, -0.25) is 0 Å². The summed E-state index contributed by atoms with van der Waals surface area (Å²) in [7, 11) is 0. The maximum absolute atomic E-state index is 6.95. The van der Waals surface area contributed by atoms with Gasteiger partial charge in [-0.1, -0.05) is 346 Å². The quantitative estimate of drug-likeness (QED) is 0.122. The Morgan fingerprint density at radius 3 is 0.723 bits per heavy atom. The van der Waals surface area contributed by atoms with E-state index in [2.05, 4.69) is 537 Å². The first-order valence-corrected chi connectivity index (χ1v) is 48.1. The Hall–Kier alpha value is -19.0. The van der Waals surface area contributed by atoms with Crippen molar-refractivity contribution in [3.05, 3.63) is 510 Å². The van der Waals surface area contributed by atoms with Gasteiger partial charge < -0.3 is 40.7 Å². The Balaban J connectivity index is 0.000000104. The van der Waals surface area contributed by atoms with Crippen molar-refractivity contribution in [2.75, 3.05) is 0 Å². The zero-order chi connectivity index (χ0) is 92.7. The Morgan fingerprint density at radius 2 is 0.340 bits per heavy atom. The molecular weight excluding hydrogens is 1720 g/mol. The van der Waals surface area contributed by atoms with Gasteiger partial charge in [0.05, 0.1) is 49.7 Å². The minimum Gasteiger partial charge on any atom is -0.453 e. The molecule has 141 heavy (non-hydrogen) atoms. The number of furan rings is 3. The van der Waals surface area contributed by atoms with Crippen molar-refractivity contribution < 1.29 is 13.3 Å². The number of aromatic nitrogens is 6. The average Bonchev–Trinajstić information content (AvgIpc) is 1.56. The SMILES string of the molecule is c1ccc(-n2c3ccccc3c3cc(-c4ccccc4-c4cccc5c4oc4c6ccccc6n(-c6ccccc6)c54)ccc32)cc1.c1ccc(-n2c3ccccc3c3ccc(-c4ccccc4-c4cccc5c4oc4c6ccccc6n(-c6ccccc6)c54)cc32)cc1.c1ccc(-n2c3ccccc3c3cccc(-c4ccccc4-c4cccc5c4oc4c6ccccc6n(-c6ccccc6)c54)c32)cc1. The second-order valence-electron chi connectivity index (χ2n) is 36.3. The average molecular weight is 1800 g/mol. The van der Waals surface area contributed by atoms with E-state index in [0.717, 1.165) is 166 Å². The predicted octanol–water partition coefficient (Wildman–Crippen LogP) is 35.9. The highest BCUT2D eigenvalue weighted by Gasteiger charge is 2.29. The molecular formula is C132H84N6O3. The monoisotopic (exact) mass is 1800 g/mol. The molecule has 0 aliphatic carbocycles. The Labute approximate surface area is 809 Å². The highest BCUT2D eigenvalue weighted by Crippen LogP contribution is 2.51. The molecule has 0 bridgehead atoms. The lowest BCUT2D eigenvalue weighted by molar-refractivity contribution is 0.673. The van der Waals surface area contributed by atoms with Crippen LogP contribution in [-0.2, 0) is 0 Å². The molecule has 21 aromatic carbocycles. The van der Waals surface area contributed by atoms with E-state index in [-0.39, 0.29) is 0 Å². The molecule has 9 aromatic heterocycles. The topological polar surface area (TPSA) is 69.0 Å². The van der Waals surface area contributed by atoms with Gasteiger partial charge in [0.2, 0.25) is 0 Å². The first kappa shape index (κ1) is 80.5. The van der Waals surface area contributed by atoms with Crippen LogP contribution in [0.3, 0.4) is 0 Å². The second kappa shape index (κ2) is 33.0. The first-order chi connectivity index (χ1) is 70.1. The highest BCUT2D eigenvalue weighted by atomic mass is 16.3. The van der Waals surface area contributed by atoms with E-state index in [4.69, 9.17) is 13.3 Å². The molecule has 9 heteroatoms. The van der Waals surface area contributed by atoms with E-state index in [1.165, 1.54) is 98.8 Å². The van der Waals surface area contributed by atoms with Crippen LogP contribution in [0.5, 0.6) is 0 Å². The van der Waals surface area contributed by atoms with E-state index < -0.39 is 0 Å². The molecule has 0 aliphatic heterocycles. The summed E-state index contributed by atoms with van der Waals surface area (Å²) < 4.78 is 34.9. The molecule has 0 amide bonds. The van der Waals surface area contributed by atoms with Crippen LogP contribution in [0.25, 0.3) is 265 Å². The fourth-order valence-corrected chi connectivity index (χ4v) is 22.6. The molecule has 0 N–H and O–H groups in total. The summed E-state index contributed by atoms with van der Waals surface area (Å²) >= 11 is 0. The summed E-state index contributed by atoms with van der Waals surface area (Å²) in [6.45, 7) is 0. The lowest BCUT2D eigenvalue weighted by Crippen LogP contribution is -1.96. The van der Waals surface area contributed by atoms with E-state index >= 15 is 0 Å². The van der Waals surface area contributed by atoms with Gasteiger partial charge in [-0.15, -0.1) is 0 Å². The molecule has 9 heterocycles. The minimum atomic E-state index is 0.899. The third-order valence-electron chi connectivity index (χ3n) is 28.6. The van der Waals surface area contributed by atoms with Crippen LogP contribution >= 0.6 is 0 Å². The molecule has 30 aromatic rings. The highest BCUT2D eigenvalue weighted by molar-refractivity contribution is 6.24. The van der Waals surface area contributed by atoms with E-state index in [9.17, 15) is 0 Å². The third-order valence-corrected chi connectivity index (χ3v) is 28.6.